The quantitative estimate of drug-likeness (QED) is 0.408. The Balaban J connectivity index is 0.000000307. The van der Waals surface area contributed by atoms with Crippen molar-refractivity contribution in [1.82, 2.24) is 5.32 Å². The minimum Gasteiger partial charge on any atom is -0.353 e. The lowest BCUT2D eigenvalue weighted by molar-refractivity contribution is -0.120. The van der Waals surface area contributed by atoms with Crippen molar-refractivity contribution in [1.29, 1.82) is 0 Å². The molecule has 0 bridgehead atoms. The minimum absolute atomic E-state index is 0.0791. The number of hydrogen-bond acceptors (Lipinski definition) is 4. The van der Waals surface area contributed by atoms with E-state index in [1.165, 1.54) is 53.1 Å². The Morgan fingerprint density at radius 1 is 1.00 bits per heavy atom. The number of benzene rings is 2. The molecule has 0 aliphatic heterocycles. The number of rotatable bonds is 6. The molecule has 0 heterocycles. The Labute approximate surface area is 214 Å². The zero-order chi connectivity index (χ0) is 26.9. The molecule has 2 aromatic carbocycles. The van der Waals surface area contributed by atoms with Gasteiger partial charge in [0, 0.05) is 18.7 Å². The Bertz CT molecular complexity index is 984. The van der Waals surface area contributed by atoms with E-state index >= 15 is 0 Å². The second-order valence-electron chi connectivity index (χ2n) is 8.54. The molecular formula is C29H39N3O4. The maximum absolute atomic E-state index is 11.3. The fourth-order valence-corrected chi connectivity index (χ4v) is 4.38. The predicted molar refractivity (Wildman–Crippen MR) is 145 cm³/mol. The molecule has 4 rings (SSSR count). The van der Waals surface area contributed by atoms with Crippen LogP contribution >= 0.6 is 0 Å². The van der Waals surface area contributed by atoms with Crippen LogP contribution in [0.25, 0.3) is 0 Å². The molecule has 0 unspecified atom stereocenters. The van der Waals surface area contributed by atoms with Crippen LogP contribution < -0.4 is 16.4 Å². The van der Waals surface area contributed by atoms with Gasteiger partial charge in [-0.25, -0.2) is 4.79 Å². The average Bonchev–Trinajstić information content (AvgIpc) is 3.54. The standard InChI is InChI=1S/C13H16N2O.C13H17NO.C2H4O.CH2O/c14-13(16)15-12-10-5-1-3-8(10)7-9-4-2-6-11(9)12;1-3-10-14-13(15)9-8-12-6-4-11(2)5-7-12;1-2-3;1-2/h7H,1-6H2,(H3,14,15,16);3-7H,1,8-10H2,2H3,(H,14,15);2H,1H3;1H2. The summed E-state index contributed by atoms with van der Waals surface area (Å²) in [4.78, 5) is 39.2. The number of primary amides is 1. The molecule has 0 spiro atoms. The highest BCUT2D eigenvalue weighted by Gasteiger charge is 2.24. The predicted octanol–water partition coefficient (Wildman–Crippen LogP) is 4.40. The summed E-state index contributed by atoms with van der Waals surface area (Å²) in [7, 11) is 0. The van der Waals surface area contributed by atoms with Crippen molar-refractivity contribution >= 4 is 30.7 Å². The van der Waals surface area contributed by atoms with Gasteiger partial charge in [-0.15, -0.1) is 6.58 Å². The topological polar surface area (TPSA) is 118 Å². The number of nitrogens with two attached hydrogens (primary N) is 1. The first kappa shape index (κ1) is 30.3. The van der Waals surface area contributed by atoms with Gasteiger partial charge in [0.05, 0.1) is 0 Å². The highest BCUT2D eigenvalue weighted by Crippen LogP contribution is 2.38. The largest absolute Gasteiger partial charge is 0.353 e. The first-order chi connectivity index (χ1) is 17.4. The molecule has 0 saturated carbocycles. The van der Waals surface area contributed by atoms with E-state index in [0.29, 0.717) is 13.0 Å². The van der Waals surface area contributed by atoms with Crippen LogP contribution in [-0.4, -0.2) is 31.6 Å². The van der Waals surface area contributed by atoms with Crippen molar-refractivity contribution in [3.63, 3.8) is 0 Å². The molecule has 194 valence electrons. The third kappa shape index (κ3) is 9.86. The average molecular weight is 494 g/mol. The minimum atomic E-state index is -0.436. The van der Waals surface area contributed by atoms with Crippen molar-refractivity contribution in [2.45, 2.75) is 65.2 Å². The van der Waals surface area contributed by atoms with Gasteiger partial charge in [-0.2, -0.15) is 0 Å². The lowest BCUT2D eigenvalue weighted by atomic mass is 9.99. The first-order valence-corrected chi connectivity index (χ1v) is 12.2. The number of urea groups is 1. The van der Waals surface area contributed by atoms with Gasteiger partial charge in [-0.3, -0.25) is 4.79 Å². The maximum Gasteiger partial charge on any atom is 0.316 e. The summed E-state index contributed by atoms with van der Waals surface area (Å²) in [6.07, 6.45) is 10.6. The fraction of sp³-hybridized carbons (Fsp3) is 0.379. The maximum atomic E-state index is 11.3. The lowest BCUT2D eigenvalue weighted by Gasteiger charge is -2.14. The summed E-state index contributed by atoms with van der Waals surface area (Å²) in [6, 6.07) is 10.2. The van der Waals surface area contributed by atoms with E-state index in [1.54, 1.807) is 6.08 Å². The van der Waals surface area contributed by atoms with Crippen LogP contribution in [0.2, 0.25) is 0 Å². The van der Waals surface area contributed by atoms with Gasteiger partial charge < -0.3 is 26.0 Å². The molecule has 2 aliphatic rings. The zero-order valence-electron chi connectivity index (χ0n) is 21.5. The van der Waals surface area contributed by atoms with Crippen molar-refractivity contribution in [2.24, 2.45) is 5.73 Å². The molecule has 7 nitrogen and oxygen atoms in total. The molecule has 2 aromatic rings. The third-order valence-corrected chi connectivity index (χ3v) is 5.93. The van der Waals surface area contributed by atoms with E-state index in [4.69, 9.17) is 15.3 Å². The zero-order valence-corrected chi connectivity index (χ0v) is 21.5. The number of hydrogen-bond donors (Lipinski definition) is 3. The number of carbonyl (C=O) groups is 4. The molecule has 36 heavy (non-hydrogen) atoms. The number of aryl methyl sites for hydroxylation is 4. The first-order valence-electron chi connectivity index (χ1n) is 12.2. The SMILES string of the molecule is C=CCNC(=O)CCc1ccc(C)cc1.C=O.CC=O.NC(=O)Nc1c2c(cc3c1CCC3)CCC2. The number of anilines is 1. The molecule has 0 saturated heterocycles. The number of amides is 3. The molecule has 0 fully saturated rings. The molecule has 7 heteroatoms. The van der Waals surface area contributed by atoms with Gasteiger partial charge in [-0.1, -0.05) is 42.0 Å². The van der Waals surface area contributed by atoms with Crippen molar-refractivity contribution in [2.75, 3.05) is 11.9 Å². The number of carbonyl (C=O) groups excluding carboxylic acids is 4. The van der Waals surface area contributed by atoms with E-state index in [2.05, 4.69) is 54.5 Å². The summed E-state index contributed by atoms with van der Waals surface area (Å²) in [5.74, 6) is 0.0791. The van der Waals surface area contributed by atoms with Gasteiger partial charge in [0.25, 0.3) is 0 Å². The molecule has 0 atom stereocenters. The van der Waals surface area contributed by atoms with Gasteiger partial charge in [0.2, 0.25) is 5.91 Å². The van der Waals surface area contributed by atoms with E-state index < -0.39 is 6.03 Å². The molecule has 0 aromatic heterocycles. The summed E-state index contributed by atoms with van der Waals surface area (Å²) in [5.41, 5.74) is 14.3. The molecular weight excluding hydrogens is 454 g/mol. The van der Waals surface area contributed by atoms with Crippen LogP contribution in [0.5, 0.6) is 0 Å². The Morgan fingerprint density at radius 3 is 2.00 bits per heavy atom. The molecule has 3 amide bonds. The molecule has 0 radical (unpaired) electrons. The molecule has 4 N–H and O–H groups in total. The van der Waals surface area contributed by atoms with Gasteiger partial charge >= 0.3 is 6.03 Å². The Kier molecular flexibility index (Phi) is 14.1. The Hall–Kier alpha value is -3.74. The monoisotopic (exact) mass is 493 g/mol. The van der Waals surface area contributed by atoms with Gasteiger partial charge in [-0.05, 0) is 86.6 Å². The number of fused-ring (bicyclic) bond motifs is 2. The highest BCUT2D eigenvalue weighted by atomic mass is 16.2. The summed E-state index contributed by atoms with van der Waals surface area (Å²) in [5, 5.41) is 5.60. The highest BCUT2D eigenvalue weighted by molar-refractivity contribution is 5.90. The van der Waals surface area contributed by atoms with E-state index in [0.717, 1.165) is 44.1 Å². The number of aldehydes is 1. The summed E-state index contributed by atoms with van der Waals surface area (Å²) >= 11 is 0. The second-order valence-corrected chi connectivity index (χ2v) is 8.54. The van der Waals surface area contributed by atoms with E-state index in [-0.39, 0.29) is 5.91 Å². The van der Waals surface area contributed by atoms with Crippen LogP contribution in [0.4, 0.5) is 10.5 Å². The number of nitrogens with one attached hydrogen (secondary N) is 2. The van der Waals surface area contributed by atoms with Crippen LogP contribution in [-0.2, 0) is 46.5 Å². The van der Waals surface area contributed by atoms with Crippen LogP contribution in [0.1, 0.15) is 59.6 Å². The third-order valence-electron chi connectivity index (χ3n) is 5.93. The van der Waals surface area contributed by atoms with Crippen LogP contribution in [0.15, 0.2) is 43.0 Å². The lowest BCUT2D eigenvalue weighted by Crippen LogP contribution is -2.23. The summed E-state index contributed by atoms with van der Waals surface area (Å²) < 4.78 is 0. The van der Waals surface area contributed by atoms with E-state index in [9.17, 15) is 9.59 Å². The molecule has 2 aliphatic carbocycles. The van der Waals surface area contributed by atoms with Gasteiger partial charge in [0.15, 0.2) is 0 Å². The second kappa shape index (κ2) is 16.8. The summed E-state index contributed by atoms with van der Waals surface area (Å²) in [6.45, 7) is 9.59. The van der Waals surface area contributed by atoms with E-state index in [1.807, 2.05) is 6.79 Å². The van der Waals surface area contributed by atoms with Crippen molar-refractivity contribution < 1.29 is 19.2 Å². The normalized spacial score (nSPS) is 12.1. The Morgan fingerprint density at radius 2 is 1.53 bits per heavy atom. The fourth-order valence-electron chi connectivity index (χ4n) is 4.38. The van der Waals surface area contributed by atoms with Crippen LogP contribution in [0.3, 0.4) is 0 Å². The van der Waals surface area contributed by atoms with Crippen molar-refractivity contribution in [3.05, 3.63) is 76.4 Å². The van der Waals surface area contributed by atoms with Crippen LogP contribution in [0, 0.1) is 6.92 Å². The smallest absolute Gasteiger partial charge is 0.316 e. The van der Waals surface area contributed by atoms with Crippen molar-refractivity contribution in [3.8, 4) is 0 Å². The van der Waals surface area contributed by atoms with Gasteiger partial charge in [0.1, 0.15) is 13.1 Å².